The molecule has 0 saturated carbocycles. The second-order valence-electron chi connectivity index (χ2n) is 10.3. The van der Waals surface area contributed by atoms with Gasteiger partial charge >= 0.3 is 0 Å². The first kappa shape index (κ1) is 25.8. The van der Waals surface area contributed by atoms with Crippen molar-refractivity contribution in [3.63, 3.8) is 0 Å². The van der Waals surface area contributed by atoms with Gasteiger partial charge in [-0.15, -0.1) is 0 Å². The first-order valence-corrected chi connectivity index (χ1v) is 13.4. The number of carbonyl (C=O) groups is 1. The summed E-state index contributed by atoms with van der Waals surface area (Å²) in [6.07, 6.45) is 8.41. The number of hydrogen-bond donors (Lipinski definition) is 1. The number of anilines is 1. The fourth-order valence-corrected chi connectivity index (χ4v) is 5.35. The van der Waals surface area contributed by atoms with Crippen molar-refractivity contribution in [3.05, 3.63) is 93.1 Å². The van der Waals surface area contributed by atoms with Crippen LogP contribution in [0.2, 0.25) is 0 Å². The number of halogens is 1. The third kappa shape index (κ3) is 4.75. The minimum absolute atomic E-state index is 0.0577. The zero-order chi connectivity index (χ0) is 27.8. The predicted molar refractivity (Wildman–Crippen MR) is 152 cm³/mol. The number of fused-ring (bicyclic) bond motifs is 5. The van der Waals surface area contributed by atoms with Crippen molar-refractivity contribution in [1.82, 2.24) is 29.7 Å². The second kappa shape index (κ2) is 10.6. The van der Waals surface area contributed by atoms with Gasteiger partial charge in [-0.3, -0.25) is 24.1 Å². The molecule has 1 fully saturated rings. The highest BCUT2D eigenvalue weighted by Crippen LogP contribution is 2.30. The summed E-state index contributed by atoms with van der Waals surface area (Å²) >= 11 is 0. The van der Waals surface area contributed by atoms with Crippen molar-refractivity contribution in [2.75, 3.05) is 38.1 Å². The number of aromatic nitrogens is 4. The minimum Gasteiger partial charge on any atom is -0.353 e. The first-order chi connectivity index (χ1) is 19.4. The zero-order valence-electron chi connectivity index (χ0n) is 22.5. The van der Waals surface area contributed by atoms with E-state index in [0.717, 1.165) is 36.5 Å². The number of carbonyl (C=O) groups excluding carboxylic acids is 1. The number of rotatable bonds is 4. The van der Waals surface area contributed by atoms with E-state index in [9.17, 15) is 9.59 Å². The van der Waals surface area contributed by atoms with Crippen molar-refractivity contribution in [2.45, 2.75) is 26.3 Å². The fourth-order valence-electron chi connectivity index (χ4n) is 5.35. The van der Waals surface area contributed by atoms with E-state index in [1.165, 1.54) is 6.07 Å². The molecule has 0 spiro atoms. The molecule has 0 bridgehead atoms. The maximum atomic E-state index is 15.7. The Labute approximate surface area is 231 Å². The summed E-state index contributed by atoms with van der Waals surface area (Å²) in [5.74, 6) is -0.923. The van der Waals surface area contributed by atoms with Crippen LogP contribution in [0.25, 0.3) is 22.8 Å². The quantitative estimate of drug-likeness (QED) is 0.425. The van der Waals surface area contributed by atoms with E-state index in [4.69, 9.17) is 4.98 Å². The summed E-state index contributed by atoms with van der Waals surface area (Å²) in [6.45, 7) is 4.92. The molecule has 0 radical (unpaired) electrons. The van der Waals surface area contributed by atoms with E-state index >= 15 is 4.39 Å². The van der Waals surface area contributed by atoms with Crippen molar-refractivity contribution in [1.29, 1.82) is 0 Å². The number of likely N-dealkylation sites (N-methyl/N-ethyl adjacent to an activating group) is 1. The molecule has 9 nitrogen and oxygen atoms in total. The van der Waals surface area contributed by atoms with Gasteiger partial charge in [0.25, 0.3) is 5.91 Å². The number of nitrogens with zero attached hydrogens (tertiary/aromatic N) is 6. The zero-order valence-corrected chi connectivity index (χ0v) is 22.5. The van der Waals surface area contributed by atoms with Crippen LogP contribution in [0.15, 0.2) is 53.6 Å². The van der Waals surface area contributed by atoms with Gasteiger partial charge in [0.05, 0.1) is 40.9 Å². The molecule has 1 aromatic carbocycles. The van der Waals surface area contributed by atoms with Crippen LogP contribution in [0.5, 0.6) is 0 Å². The lowest BCUT2D eigenvalue weighted by atomic mass is 10.1. The van der Waals surface area contributed by atoms with Crippen LogP contribution in [-0.2, 0) is 13.0 Å². The number of amides is 1. The van der Waals surface area contributed by atoms with Gasteiger partial charge in [-0.25, -0.2) is 9.37 Å². The third-order valence-corrected chi connectivity index (χ3v) is 7.47. The number of aryl methyl sites for hydroxylation is 1. The maximum Gasteiger partial charge on any atom is 0.257 e. The average molecular weight is 540 g/mol. The summed E-state index contributed by atoms with van der Waals surface area (Å²) in [4.78, 5) is 44.9. The van der Waals surface area contributed by atoms with Crippen molar-refractivity contribution < 1.29 is 9.18 Å². The van der Waals surface area contributed by atoms with Gasteiger partial charge in [0.1, 0.15) is 5.56 Å². The van der Waals surface area contributed by atoms with Crippen LogP contribution in [0.4, 0.5) is 10.2 Å². The SMILES string of the molecule is Cc1cnc(CNC(=O)c2c3n(c4nc(N5CCCN(C)CC5)c(F)cc4c2=O)-c2ccccc2CC=C3)cn1. The van der Waals surface area contributed by atoms with Gasteiger partial charge in [-0.05, 0) is 57.1 Å². The summed E-state index contributed by atoms with van der Waals surface area (Å²) in [7, 11) is 2.05. The van der Waals surface area contributed by atoms with Gasteiger partial charge in [-0.2, -0.15) is 0 Å². The molecule has 6 rings (SSSR count). The molecule has 1 saturated heterocycles. The molecular formula is C30H30FN7O2. The summed E-state index contributed by atoms with van der Waals surface area (Å²) in [5.41, 5.74) is 3.24. The number of benzene rings is 1. The minimum atomic E-state index is -0.576. The first-order valence-electron chi connectivity index (χ1n) is 13.4. The van der Waals surface area contributed by atoms with Crippen LogP contribution in [0.1, 0.15) is 39.4 Å². The van der Waals surface area contributed by atoms with Crippen molar-refractivity contribution in [3.8, 4) is 5.69 Å². The average Bonchev–Trinajstić information content (AvgIpc) is 3.28. The second-order valence-corrected chi connectivity index (χ2v) is 10.3. The van der Waals surface area contributed by atoms with E-state index in [0.29, 0.717) is 36.5 Å². The number of hydrogen-bond acceptors (Lipinski definition) is 7. The van der Waals surface area contributed by atoms with Crippen LogP contribution < -0.4 is 15.6 Å². The number of pyridine rings is 2. The molecule has 1 amide bonds. The van der Waals surface area contributed by atoms with Gasteiger partial charge < -0.3 is 15.1 Å². The van der Waals surface area contributed by atoms with E-state index in [1.807, 2.05) is 53.8 Å². The molecule has 0 aliphatic carbocycles. The molecule has 40 heavy (non-hydrogen) atoms. The van der Waals surface area contributed by atoms with Crippen LogP contribution in [0, 0.1) is 12.7 Å². The summed E-state index contributed by atoms with van der Waals surface area (Å²) in [5, 5.41) is 2.87. The third-order valence-electron chi connectivity index (χ3n) is 7.47. The normalized spacial score (nSPS) is 15.3. The Morgan fingerprint density at radius 1 is 1.10 bits per heavy atom. The summed E-state index contributed by atoms with van der Waals surface area (Å²) in [6, 6.07) is 9.03. The van der Waals surface area contributed by atoms with Gasteiger partial charge in [0.2, 0.25) is 5.43 Å². The molecule has 4 aromatic rings. The Balaban J connectivity index is 1.53. The fraction of sp³-hybridized carbons (Fsp3) is 0.300. The lowest BCUT2D eigenvalue weighted by molar-refractivity contribution is 0.0948. The monoisotopic (exact) mass is 539 g/mol. The molecule has 0 atom stereocenters. The van der Waals surface area contributed by atoms with Crippen LogP contribution in [-0.4, -0.2) is 63.6 Å². The molecule has 5 heterocycles. The van der Waals surface area contributed by atoms with Gasteiger partial charge in [0, 0.05) is 25.8 Å². The molecule has 2 aliphatic rings. The smallest absolute Gasteiger partial charge is 0.257 e. The number of allylic oxidation sites excluding steroid dienone is 1. The van der Waals surface area contributed by atoms with E-state index in [2.05, 4.69) is 20.2 Å². The lowest BCUT2D eigenvalue weighted by Gasteiger charge is -2.24. The lowest BCUT2D eigenvalue weighted by Crippen LogP contribution is -2.33. The Morgan fingerprint density at radius 3 is 2.77 bits per heavy atom. The molecule has 1 N–H and O–H groups in total. The van der Waals surface area contributed by atoms with E-state index in [1.54, 1.807) is 18.5 Å². The molecule has 10 heteroatoms. The standard InChI is InChI=1S/C30H30FN7O2/c1-19-16-33-21(17-32-19)18-34-30(40)26-25-10-5-8-20-7-3-4-9-24(20)38(25)28-22(27(26)39)15-23(31)29(35-28)37-12-6-11-36(2)13-14-37/h3-5,7,9-10,15-17H,6,8,11-14,18H2,1-2H3,(H,34,40). The van der Waals surface area contributed by atoms with E-state index < -0.39 is 17.2 Å². The predicted octanol–water partition coefficient (Wildman–Crippen LogP) is 3.26. The molecule has 0 unspecified atom stereocenters. The molecule has 2 aliphatic heterocycles. The summed E-state index contributed by atoms with van der Waals surface area (Å²) < 4.78 is 17.5. The number of nitrogens with one attached hydrogen (secondary N) is 1. The van der Waals surface area contributed by atoms with Crippen molar-refractivity contribution in [2.24, 2.45) is 0 Å². The Morgan fingerprint density at radius 2 is 1.95 bits per heavy atom. The molecular weight excluding hydrogens is 509 g/mol. The highest BCUT2D eigenvalue weighted by atomic mass is 19.1. The van der Waals surface area contributed by atoms with Crippen LogP contribution >= 0.6 is 0 Å². The maximum absolute atomic E-state index is 15.7. The highest BCUT2D eigenvalue weighted by molar-refractivity contribution is 6.01. The Bertz CT molecular complexity index is 1700. The van der Waals surface area contributed by atoms with Crippen molar-refractivity contribution >= 4 is 28.8 Å². The van der Waals surface area contributed by atoms with E-state index in [-0.39, 0.29) is 23.3 Å². The Kier molecular flexibility index (Phi) is 6.85. The molecule has 3 aromatic heterocycles. The number of para-hydroxylation sites is 1. The largest absolute Gasteiger partial charge is 0.353 e. The molecule has 204 valence electrons. The highest BCUT2D eigenvalue weighted by Gasteiger charge is 2.27. The van der Waals surface area contributed by atoms with Gasteiger partial charge in [-0.1, -0.05) is 24.3 Å². The van der Waals surface area contributed by atoms with Crippen LogP contribution in [0.3, 0.4) is 0 Å². The Hall–Kier alpha value is -4.44. The topological polar surface area (TPSA) is 96.3 Å². The van der Waals surface area contributed by atoms with Gasteiger partial charge in [0.15, 0.2) is 17.3 Å².